The van der Waals surface area contributed by atoms with Crippen LogP contribution in [0.25, 0.3) is 54.9 Å². The normalized spacial score (nSPS) is 17.3. The molecule has 2 unspecified atom stereocenters. The lowest BCUT2D eigenvalue weighted by Gasteiger charge is -2.40. The smallest absolute Gasteiger partial charge is 0.0714 e. The van der Waals surface area contributed by atoms with Gasteiger partial charge in [0.15, 0.2) is 0 Å². The van der Waals surface area contributed by atoms with Crippen LogP contribution in [0.4, 0.5) is 34.1 Å². The fraction of sp³-hybridized carbons (Fsp3) is 0.149. The average molecular weight is 1330 g/mol. The van der Waals surface area contributed by atoms with Crippen molar-refractivity contribution in [3.63, 3.8) is 0 Å². The standard InChI is InChI=1S/C94H76N2O2S2/c1-3-91(59-97-60-91)63-99-81-49-39-71(40-50-81)93(73-37-31-65-19-11-13-21-69(65)55-73)87-29-17-15-27-83(87)85-53-47-79(57-89(85)93)95(75-23-7-5-8-24-75)77-43-33-67(34-44-77)68-35-45-78(46-36-68)96(76-25-9-6-10-26-76)80-48-54-86-84-28-16-18-30-88(84)94(90(86)58-80,74-38-32-66-20-12-14-22-70(66)56-74)72-41-51-82(52-42-72)100-64-92(4-2)61-98-62-92/h5-58H,3-4,59-64H2,1-2H3. The summed E-state index contributed by atoms with van der Waals surface area (Å²) in [5.41, 5.74) is 23.3. The van der Waals surface area contributed by atoms with Gasteiger partial charge in [0, 0.05) is 66.3 Å². The van der Waals surface area contributed by atoms with Crippen LogP contribution in [0.15, 0.2) is 337 Å². The Balaban J connectivity index is 0.709. The van der Waals surface area contributed by atoms with Crippen molar-refractivity contribution in [2.24, 2.45) is 10.8 Å². The molecule has 0 spiro atoms. The van der Waals surface area contributed by atoms with E-state index >= 15 is 0 Å². The van der Waals surface area contributed by atoms with E-state index in [9.17, 15) is 0 Å². The first-order chi connectivity index (χ1) is 49.3. The molecule has 2 aliphatic heterocycles. The highest BCUT2D eigenvalue weighted by molar-refractivity contribution is 7.99. The molecule has 14 aromatic rings. The zero-order chi connectivity index (χ0) is 66.8. The van der Waals surface area contributed by atoms with Crippen LogP contribution < -0.4 is 9.80 Å². The molecule has 2 heterocycles. The lowest BCUT2D eigenvalue weighted by atomic mass is 9.67. The number of hydrogen-bond donors (Lipinski definition) is 0. The third-order valence-corrected chi connectivity index (χ3v) is 25.1. The second-order valence-corrected chi connectivity index (χ2v) is 30.0. The SMILES string of the molecule is CCC1(CSc2ccc(C3(c4ccc5ccccc5c4)c4ccccc4-c4ccc(N(c5ccccc5)c5ccc(-c6ccc(N(c7ccccc7)c7ccc8c(c7)C(c7ccc(SCC9(CC)COC9)cc7)(c7ccc9ccccc9c7)c7ccccc7-8)cc6)cc5)cc43)cc2)COC1. The minimum Gasteiger partial charge on any atom is -0.380 e. The molecule has 2 aliphatic carbocycles. The summed E-state index contributed by atoms with van der Waals surface area (Å²) in [6, 6.07) is 124. The van der Waals surface area contributed by atoms with Crippen molar-refractivity contribution in [1.82, 2.24) is 0 Å². The van der Waals surface area contributed by atoms with E-state index < -0.39 is 10.8 Å². The molecule has 2 atom stereocenters. The Kier molecular flexibility index (Phi) is 15.9. The molecule has 2 saturated heterocycles. The molecule has 18 rings (SSSR count). The van der Waals surface area contributed by atoms with Gasteiger partial charge in [-0.2, -0.15) is 0 Å². The van der Waals surface area contributed by atoms with Crippen molar-refractivity contribution in [1.29, 1.82) is 0 Å². The topological polar surface area (TPSA) is 24.9 Å². The number of anilines is 6. The first-order valence-corrected chi connectivity index (χ1v) is 37.3. The third kappa shape index (κ3) is 10.4. The second-order valence-electron chi connectivity index (χ2n) is 27.9. The highest BCUT2D eigenvalue weighted by atomic mass is 32.2. The van der Waals surface area contributed by atoms with Gasteiger partial charge in [-0.25, -0.2) is 0 Å². The van der Waals surface area contributed by atoms with Gasteiger partial charge < -0.3 is 19.3 Å². The Bertz CT molecular complexity index is 5010. The van der Waals surface area contributed by atoms with E-state index in [1.54, 1.807) is 0 Å². The molecular weight excluding hydrogens is 1250 g/mol. The van der Waals surface area contributed by atoms with Crippen LogP contribution in [-0.2, 0) is 20.3 Å². The largest absolute Gasteiger partial charge is 0.380 e. The molecule has 0 N–H and O–H groups in total. The minimum absolute atomic E-state index is 0.256. The summed E-state index contributed by atoms with van der Waals surface area (Å²) in [4.78, 5) is 7.43. The maximum Gasteiger partial charge on any atom is 0.0714 e. The van der Waals surface area contributed by atoms with Gasteiger partial charge in [-0.3, -0.25) is 0 Å². The summed E-state index contributed by atoms with van der Waals surface area (Å²) < 4.78 is 11.5. The Morgan fingerprint density at radius 3 is 0.990 bits per heavy atom. The molecule has 0 amide bonds. The number of para-hydroxylation sites is 2. The molecule has 0 bridgehead atoms. The zero-order valence-corrected chi connectivity index (χ0v) is 58.0. The third-order valence-electron chi connectivity index (χ3n) is 22.3. The van der Waals surface area contributed by atoms with Crippen molar-refractivity contribution in [2.45, 2.75) is 47.3 Å². The highest BCUT2D eigenvalue weighted by Crippen LogP contribution is 2.60. The van der Waals surface area contributed by atoms with Crippen LogP contribution in [0.5, 0.6) is 0 Å². The number of hydrogen-bond acceptors (Lipinski definition) is 6. The summed E-state index contributed by atoms with van der Waals surface area (Å²) in [6.07, 6.45) is 2.26. The fourth-order valence-corrected chi connectivity index (χ4v) is 18.9. The van der Waals surface area contributed by atoms with Gasteiger partial charge in [0.1, 0.15) is 0 Å². The van der Waals surface area contributed by atoms with Crippen LogP contribution in [0.3, 0.4) is 0 Å². The van der Waals surface area contributed by atoms with E-state index in [1.807, 2.05) is 23.5 Å². The maximum atomic E-state index is 5.74. The maximum absolute atomic E-state index is 5.74. The summed E-state index contributed by atoms with van der Waals surface area (Å²) in [5, 5.41) is 4.93. The molecule has 2 fully saturated rings. The van der Waals surface area contributed by atoms with E-state index in [0.29, 0.717) is 0 Å². The number of benzene rings is 14. The summed E-state index contributed by atoms with van der Waals surface area (Å²) in [5.74, 6) is 2.11. The van der Waals surface area contributed by atoms with Gasteiger partial charge in [0.2, 0.25) is 0 Å². The summed E-state index contributed by atoms with van der Waals surface area (Å²) in [6.45, 7) is 7.99. The van der Waals surface area contributed by atoms with E-state index in [-0.39, 0.29) is 10.8 Å². The zero-order valence-electron chi connectivity index (χ0n) is 56.4. The molecule has 6 heteroatoms. The molecule has 14 aromatic carbocycles. The van der Waals surface area contributed by atoms with Gasteiger partial charge in [-0.1, -0.05) is 232 Å². The van der Waals surface area contributed by atoms with Gasteiger partial charge in [0.05, 0.1) is 37.3 Å². The Morgan fingerprint density at radius 1 is 0.280 bits per heavy atom. The Labute approximate surface area is 596 Å². The van der Waals surface area contributed by atoms with E-state index in [2.05, 4.69) is 351 Å². The van der Waals surface area contributed by atoms with Crippen molar-refractivity contribution in [3.8, 4) is 33.4 Å². The number of thioether (sulfide) groups is 2. The summed E-state index contributed by atoms with van der Waals surface area (Å²) in [7, 11) is 0. The van der Waals surface area contributed by atoms with E-state index in [4.69, 9.17) is 9.47 Å². The van der Waals surface area contributed by atoms with Gasteiger partial charge in [0.25, 0.3) is 0 Å². The quantitative estimate of drug-likeness (QED) is 0.0749. The van der Waals surface area contributed by atoms with Crippen LogP contribution in [0, 0.1) is 10.8 Å². The molecule has 100 heavy (non-hydrogen) atoms. The predicted molar refractivity (Wildman–Crippen MR) is 419 cm³/mol. The fourth-order valence-electron chi connectivity index (χ4n) is 16.5. The number of rotatable bonds is 19. The molecular formula is C94H76N2O2S2. The number of nitrogens with zero attached hydrogens (tertiary/aromatic N) is 2. The van der Waals surface area contributed by atoms with Crippen LogP contribution in [0.2, 0.25) is 0 Å². The predicted octanol–water partition coefficient (Wildman–Crippen LogP) is 24.4. The second kappa shape index (κ2) is 25.5. The highest BCUT2D eigenvalue weighted by Gasteiger charge is 2.49. The van der Waals surface area contributed by atoms with Crippen molar-refractivity contribution in [2.75, 3.05) is 47.7 Å². The van der Waals surface area contributed by atoms with Gasteiger partial charge in [-0.15, -0.1) is 23.5 Å². The van der Waals surface area contributed by atoms with Crippen LogP contribution in [0.1, 0.15) is 71.2 Å². The van der Waals surface area contributed by atoms with Crippen LogP contribution >= 0.6 is 23.5 Å². The lowest BCUT2D eigenvalue weighted by Crippen LogP contribution is -2.44. The van der Waals surface area contributed by atoms with Crippen LogP contribution in [-0.4, -0.2) is 37.9 Å². The molecule has 4 nitrogen and oxygen atoms in total. The molecule has 4 aliphatic rings. The van der Waals surface area contributed by atoms with Crippen molar-refractivity contribution in [3.05, 3.63) is 372 Å². The summed E-state index contributed by atoms with van der Waals surface area (Å²) >= 11 is 3.92. The van der Waals surface area contributed by atoms with Gasteiger partial charge in [-0.05, 0) is 221 Å². The number of fused-ring (bicyclic) bond motifs is 8. The van der Waals surface area contributed by atoms with Crippen molar-refractivity contribution < 1.29 is 9.47 Å². The average Bonchev–Trinajstić information content (AvgIpc) is 1.54. The molecule has 0 aromatic heterocycles. The minimum atomic E-state index is -0.610. The van der Waals surface area contributed by atoms with E-state index in [1.165, 1.54) is 98.1 Å². The number of ether oxygens (including phenoxy) is 2. The Morgan fingerprint density at radius 2 is 0.610 bits per heavy atom. The van der Waals surface area contributed by atoms with Gasteiger partial charge >= 0.3 is 0 Å². The van der Waals surface area contributed by atoms with Crippen molar-refractivity contribution >= 4 is 79.2 Å². The monoisotopic (exact) mass is 1330 g/mol. The molecule has 486 valence electrons. The molecule has 0 saturated carbocycles. The first-order valence-electron chi connectivity index (χ1n) is 35.3. The first kappa shape index (κ1) is 62.1. The Hall–Kier alpha value is -10.2. The molecule has 0 radical (unpaired) electrons. The lowest BCUT2D eigenvalue weighted by molar-refractivity contribution is -0.0994. The van der Waals surface area contributed by atoms with E-state index in [0.717, 1.165) is 96.0 Å².